The second-order valence-electron chi connectivity index (χ2n) is 9.30. The maximum absolute atomic E-state index is 11.2. The van der Waals surface area contributed by atoms with Crippen LogP contribution >= 0.6 is 0 Å². The molecule has 0 aromatic heterocycles. The molecule has 2 N–H and O–H groups in total. The average Bonchev–Trinajstić information content (AvgIpc) is 2.82. The van der Waals surface area contributed by atoms with Gasteiger partial charge in [-0.1, -0.05) is 38.5 Å². The molecule has 4 nitrogen and oxygen atoms in total. The lowest BCUT2D eigenvalue weighted by Crippen LogP contribution is -2.08. The Morgan fingerprint density at radius 3 is 1.39 bits per heavy atom. The van der Waals surface area contributed by atoms with Crippen molar-refractivity contribution >= 4 is 0 Å². The van der Waals surface area contributed by atoms with E-state index in [9.17, 15) is 10.2 Å². The minimum absolute atomic E-state index is 0.356. The SMILES string of the molecule is COc1cc(Cc2cc(OC)cc(C3CCCCC3)c2O)c(O)c(C2CCCCC2)c1. The normalized spacial score (nSPS) is 18.1. The molecule has 4 rings (SSSR count). The quantitative estimate of drug-likeness (QED) is 0.535. The highest BCUT2D eigenvalue weighted by atomic mass is 16.5. The number of ether oxygens (including phenoxy) is 2. The van der Waals surface area contributed by atoms with Gasteiger partial charge >= 0.3 is 0 Å². The number of phenolic OH excluding ortho intramolecular Hbond substituents is 2. The summed E-state index contributed by atoms with van der Waals surface area (Å²) >= 11 is 0. The maximum Gasteiger partial charge on any atom is 0.122 e. The Morgan fingerprint density at radius 2 is 1.03 bits per heavy atom. The zero-order chi connectivity index (χ0) is 21.8. The summed E-state index contributed by atoms with van der Waals surface area (Å²) in [6, 6.07) is 7.79. The first kappa shape index (κ1) is 21.9. The fraction of sp³-hybridized carbons (Fsp3) is 0.556. The predicted molar refractivity (Wildman–Crippen MR) is 124 cm³/mol. The van der Waals surface area contributed by atoms with Crippen LogP contribution in [0.4, 0.5) is 0 Å². The van der Waals surface area contributed by atoms with E-state index in [-0.39, 0.29) is 0 Å². The lowest BCUT2D eigenvalue weighted by atomic mass is 9.81. The lowest BCUT2D eigenvalue weighted by Gasteiger charge is -2.25. The van der Waals surface area contributed by atoms with Crippen molar-refractivity contribution in [3.05, 3.63) is 46.5 Å². The summed E-state index contributed by atoms with van der Waals surface area (Å²) in [5.74, 6) is 2.99. The highest BCUT2D eigenvalue weighted by Crippen LogP contribution is 2.44. The topological polar surface area (TPSA) is 58.9 Å². The molecular weight excluding hydrogens is 388 g/mol. The molecule has 2 aliphatic carbocycles. The van der Waals surface area contributed by atoms with Crippen molar-refractivity contribution in [2.24, 2.45) is 0 Å². The van der Waals surface area contributed by atoms with E-state index in [1.54, 1.807) is 14.2 Å². The monoisotopic (exact) mass is 424 g/mol. The Balaban J connectivity index is 1.71. The molecule has 168 valence electrons. The molecule has 0 heterocycles. The van der Waals surface area contributed by atoms with Gasteiger partial charge in [0, 0.05) is 28.7 Å². The minimum atomic E-state index is 0.356. The van der Waals surface area contributed by atoms with Gasteiger partial charge in [-0.3, -0.25) is 0 Å². The molecule has 31 heavy (non-hydrogen) atoms. The molecule has 0 unspecified atom stereocenters. The summed E-state index contributed by atoms with van der Waals surface area (Å²) in [5.41, 5.74) is 3.59. The van der Waals surface area contributed by atoms with E-state index < -0.39 is 0 Å². The standard InChI is InChI=1S/C27H36O4/c1-30-22-14-20(26(28)24(16-22)18-9-5-3-6-10-18)13-21-15-23(31-2)17-25(27(21)29)19-11-7-4-8-12-19/h14-19,28-29H,3-13H2,1-2H3. The van der Waals surface area contributed by atoms with Crippen molar-refractivity contribution in [3.8, 4) is 23.0 Å². The van der Waals surface area contributed by atoms with Crippen LogP contribution in [0, 0.1) is 0 Å². The van der Waals surface area contributed by atoms with Crippen molar-refractivity contribution in [2.45, 2.75) is 82.5 Å². The van der Waals surface area contributed by atoms with E-state index >= 15 is 0 Å². The Hall–Kier alpha value is -2.36. The third kappa shape index (κ3) is 4.78. The van der Waals surface area contributed by atoms with Crippen LogP contribution in [0.2, 0.25) is 0 Å². The average molecular weight is 425 g/mol. The third-order valence-corrected chi connectivity index (χ3v) is 7.33. The van der Waals surface area contributed by atoms with Crippen LogP contribution in [-0.4, -0.2) is 24.4 Å². The Kier molecular flexibility index (Phi) is 6.94. The van der Waals surface area contributed by atoms with Gasteiger partial charge in [-0.05, 0) is 61.8 Å². The summed E-state index contributed by atoms with van der Waals surface area (Å²) in [6.07, 6.45) is 12.3. The number of hydrogen-bond donors (Lipinski definition) is 2. The first-order chi connectivity index (χ1) is 15.1. The van der Waals surface area contributed by atoms with E-state index in [1.165, 1.54) is 38.5 Å². The summed E-state index contributed by atoms with van der Waals surface area (Å²) in [4.78, 5) is 0. The van der Waals surface area contributed by atoms with Crippen LogP contribution in [0.15, 0.2) is 24.3 Å². The first-order valence-electron chi connectivity index (χ1n) is 11.9. The number of benzene rings is 2. The van der Waals surface area contributed by atoms with Gasteiger partial charge in [-0.25, -0.2) is 0 Å². The fourth-order valence-corrected chi connectivity index (χ4v) is 5.54. The molecule has 2 fully saturated rings. The van der Waals surface area contributed by atoms with E-state index in [0.717, 1.165) is 59.4 Å². The summed E-state index contributed by atoms with van der Waals surface area (Å²) in [7, 11) is 3.34. The zero-order valence-electron chi connectivity index (χ0n) is 19.0. The maximum atomic E-state index is 11.2. The third-order valence-electron chi connectivity index (χ3n) is 7.33. The van der Waals surface area contributed by atoms with Gasteiger partial charge in [0.25, 0.3) is 0 Å². The van der Waals surface area contributed by atoms with Gasteiger partial charge < -0.3 is 19.7 Å². The number of phenols is 2. The molecule has 0 bridgehead atoms. The Morgan fingerprint density at radius 1 is 0.645 bits per heavy atom. The fourth-order valence-electron chi connectivity index (χ4n) is 5.54. The number of rotatable bonds is 6. The van der Waals surface area contributed by atoms with Crippen molar-refractivity contribution in [1.29, 1.82) is 0 Å². The van der Waals surface area contributed by atoms with Gasteiger partial charge in [0.1, 0.15) is 23.0 Å². The van der Waals surface area contributed by atoms with Gasteiger partial charge in [-0.2, -0.15) is 0 Å². The van der Waals surface area contributed by atoms with Crippen molar-refractivity contribution in [2.75, 3.05) is 14.2 Å². The van der Waals surface area contributed by atoms with Crippen LogP contribution in [0.5, 0.6) is 23.0 Å². The summed E-state index contributed by atoms with van der Waals surface area (Å²) in [6.45, 7) is 0. The van der Waals surface area contributed by atoms with Crippen LogP contribution in [0.25, 0.3) is 0 Å². The second-order valence-corrected chi connectivity index (χ2v) is 9.30. The van der Waals surface area contributed by atoms with Crippen LogP contribution in [0.1, 0.15) is 98.3 Å². The smallest absolute Gasteiger partial charge is 0.122 e. The van der Waals surface area contributed by atoms with Crippen molar-refractivity contribution in [1.82, 2.24) is 0 Å². The molecule has 0 aliphatic heterocycles. The van der Waals surface area contributed by atoms with Gasteiger partial charge in [-0.15, -0.1) is 0 Å². The largest absolute Gasteiger partial charge is 0.507 e. The molecule has 2 aromatic carbocycles. The van der Waals surface area contributed by atoms with Crippen molar-refractivity contribution in [3.63, 3.8) is 0 Å². The highest BCUT2D eigenvalue weighted by molar-refractivity contribution is 5.54. The summed E-state index contributed by atoms with van der Waals surface area (Å²) < 4.78 is 11.1. The van der Waals surface area contributed by atoms with E-state index in [0.29, 0.717) is 29.8 Å². The molecule has 2 aliphatic rings. The molecule has 0 amide bonds. The molecule has 2 saturated carbocycles. The molecule has 0 saturated heterocycles. The molecule has 2 aromatic rings. The van der Waals surface area contributed by atoms with Crippen LogP contribution in [0.3, 0.4) is 0 Å². The number of aromatic hydroxyl groups is 2. The van der Waals surface area contributed by atoms with E-state index in [2.05, 4.69) is 0 Å². The van der Waals surface area contributed by atoms with E-state index in [4.69, 9.17) is 9.47 Å². The number of methoxy groups -OCH3 is 2. The lowest BCUT2D eigenvalue weighted by molar-refractivity contribution is 0.391. The molecule has 4 heteroatoms. The van der Waals surface area contributed by atoms with Crippen LogP contribution in [-0.2, 0) is 6.42 Å². The molecule has 0 radical (unpaired) electrons. The first-order valence-corrected chi connectivity index (χ1v) is 11.9. The Labute approximate surface area is 186 Å². The van der Waals surface area contributed by atoms with Gasteiger partial charge in [0.15, 0.2) is 0 Å². The van der Waals surface area contributed by atoms with Gasteiger partial charge in [0.05, 0.1) is 14.2 Å². The molecule has 0 atom stereocenters. The molecule has 0 spiro atoms. The zero-order valence-corrected chi connectivity index (χ0v) is 19.0. The number of hydrogen-bond acceptors (Lipinski definition) is 4. The van der Waals surface area contributed by atoms with Crippen LogP contribution < -0.4 is 9.47 Å². The summed E-state index contributed by atoms with van der Waals surface area (Å²) in [5, 5.41) is 22.4. The Bertz CT molecular complexity index is 819. The highest BCUT2D eigenvalue weighted by Gasteiger charge is 2.24. The minimum Gasteiger partial charge on any atom is -0.507 e. The predicted octanol–water partition coefficient (Wildman–Crippen LogP) is 6.80. The van der Waals surface area contributed by atoms with Gasteiger partial charge in [0.2, 0.25) is 0 Å². The second kappa shape index (κ2) is 9.84. The molecular formula is C27H36O4. The van der Waals surface area contributed by atoms with Crippen molar-refractivity contribution < 1.29 is 19.7 Å². The van der Waals surface area contributed by atoms with E-state index in [1.807, 2.05) is 24.3 Å².